The van der Waals surface area contributed by atoms with E-state index in [1.54, 1.807) is 25.7 Å². The number of rotatable bonds is 15. The van der Waals surface area contributed by atoms with E-state index < -0.39 is 62.1 Å². The van der Waals surface area contributed by atoms with Gasteiger partial charge in [-0.3, -0.25) is 14.4 Å². The van der Waals surface area contributed by atoms with Gasteiger partial charge in [0, 0.05) is 31.8 Å². The zero-order chi connectivity index (χ0) is 41.4. The van der Waals surface area contributed by atoms with Crippen LogP contribution >= 0.6 is 0 Å². The largest absolute Gasteiger partial charge is 0.573 e. The number of benzene rings is 2. The molecule has 2 aromatic rings. The molecule has 10 nitrogen and oxygen atoms in total. The maximum absolute atomic E-state index is 14.6. The molecule has 0 saturated carbocycles. The number of nitrogens with one attached hydrogen (secondary N) is 2. The third-order valence-electron chi connectivity index (χ3n) is 10.1. The van der Waals surface area contributed by atoms with Crippen molar-refractivity contribution >= 4 is 32.0 Å². The lowest BCUT2D eigenvalue weighted by atomic mass is 9.88. The fourth-order valence-electron chi connectivity index (χ4n) is 6.09. The van der Waals surface area contributed by atoms with Gasteiger partial charge < -0.3 is 29.4 Å². The van der Waals surface area contributed by atoms with Crippen molar-refractivity contribution in [3.8, 4) is 5.75 Å². The lowest BCUT2D eigenvalue weighted by molar-refractivity contribution is -0.274. The van der Waals surface area contributed by atoms with Crippen LogP contribution in [0.2, 0.25) is 18.1 Å². The van der Waals surface area contributed by atoms with E-state index in [2.05, 4.69) is 49.2 Å². The minimum absolute atomic E-state index is 0.0806. The zero-order valence-electron chi connectivity index (χ0n) is 34.0. The van der Waals surface area contributed by atoms with Crippen molar-refractivity contribution in [2.75, 3.05) is 13.1 Å². The molecule has 2 aromatic carbocycles. The summed E-state index contributed by atoms with van der Waals surface area (Å²) in [4.78, 5) is 55.3. The van der Waals surface area contributed by atoms with Crippen LogP contribution in [0.3, 0.4) is 0 Å². The first kappa shape index (κ1) is 45.5. The molecule has 3 rings (SSSR count). The molecule has 14 heteroatoms. The quantitative estimate of drug-likeness (QED) is 0.175. The number of alkyl halides is 3. The van der Waals surface area contributed by atoms with Gasteiger partial charge in [0.15, 0.2) is 8.32 Å². The van der Waals surface area contributed by atoms with E-state index in [1.165, 1.54) is 24.3 Å². The number of hydrogen-bond acceptors (Lipinski definition) is 7. The van der Waals surface area contributed by atoms with Crippen LogP contribution in [0, 0.1) is 11.8 Å². The first-order chi connectivity index (χ1) is 25.3. The lowest BCUT2D eigenvalue weighted by Crippen LogP contribution is -2.56. The average molecular weight is 792 g/mol. The number of alkyl carbamates (subject to hydrolysis) is 1. The fourth-order valence-corrected chi connectivity index (χ4v) is 7.46. The van der Waals surface area contributed by atoms with Crippen molar-refractivity contribution in [1.82, 2.24) is 15.5 Å². The Labute approximate surface area is 325 Å². The molecule has 0 radical (unpaired) electrons. The van der Waals surface area contributed by atoms with Gasteiger partial charge in [0.25, 0.3) is 0 Å². The normalized spacial score (nSPS) is 16.5. The summed E-state index contributed by atoms with van der Waals surface area (Å²) in [6.45, 7) is 19.9. The van der Waals surface area contributed by atoms with Crippen molar-refractivity contribution < 1.29 is 46.2 Å². The summed E-state index contributed by atoms with van der Waals surface area (Å²) in [5.74, 6) is -2.21. The molecule has 4 atom stereocenters. The van der Waals surface area contributed by atoms with Crippen LogP contribution in [0.5, 0.6) is 5.75 Å². The molecule has 55 heavy (non-hydrogen) atoms. The van der Waals surface area contributed by atoms with E-state index in [9.17, 15) is 32.3 Å². The molecule has 3 unspecified atom stereocenters. The van der Waals surface area contributed by atoms with Gasteiger partial charge >= 0.3 is 12.5 Å². The Morgan fingerprint density at radius 2 is 1.40 bits per heavy atom. The third kappa shape index (κ3) is 14.9. The molecule has 1 aliphatic heterocycles. The number of ether oxygens (including phenoxy) is 2. The standard InChI is InChI=1S/C41H60F3N3O7Si/c1-27(2)35(37(50)47-22-20-31(48)21-23-47)46-36(49)30(24-29-16-18-32(19-17-29)52-41(42,43)44)26-34(54-55(9,10)40(6,7)8)33(25-28-14-12-11-13-15-28)45-38(51)53-39(3,4)5/h11-19,27,30,33-35H,20-26H2,1-10H3,(H,45,51)(H,46,49)/t30?,33?,34?,35-/m0/s1. The monoisotopic (exact) mass is 791 g/mol. The molecule has 306 valence electrons. The Hall–Kier alpha value is -3.91. The van der Waals surface area contributed by atoms with Crippen molar-refractivity contribution in [2.24, 2.45) is 11.8 Å². The fraction of sp³-hybridized carbons (Fsp3) is 0.610. The summed E-state index contributed by atoms with van der Waals surface area (Å²) in [7, 11) is -2.60. The highest BCUT2D eigenvalue weighted by Crippen LogP contribution is 2.39. The summed E-state index contributed by atoms with van der Waals surface area (Å²) in [5.41, 5.74) is 0.684. The zero-order valence-corrected chi connectivity index (χ0v) is 35.0. The summed E-state index contributed by atoms with van der Waals surface area (Å²) in [6.07, 6.45) is -5.24. The van der Waals surface area contributed by atoms with Gasteiger partial charge in [-0.1, -0.05) is 77.1 Å². The van der Waals surface area contributed by atoms with E-state index in [0.29, 0.717) is 12.0 Å². The highest BCUT2D eigenvalue weighted by molar-refractivity contribution is 6.74. The number of piperidine rings is 1. The van der Waals surface area contributed by atoms with Crippen LogP contribution in [0.4, 0.5) is 18.0 Å². The van der Waals surface area contributed by atoms with Gasteiger partial charge in [0.2, 0.25) is 11.8 Å². The van der Waals surface area contributed by atoms with E-state index in [0.717, 1.165) is 5.56 Å². The minimum atomic E-state index is -4.87. The van der Waals surface area contributed by atoms with Gasteiger partial charge in [-0.2, -0.15) is 0 Å². The number of hydrogen-bond donors (Lipinski definition) is 2. The first-order valence-electron chi connectivity index (χ1n) is 19.0. The highest BCUT2D eigenvalue weighted by atomic mass is 28.4. The average Bonchev–Trinajstić information content (AvgIpc) is 3.05. The smallest absolute Gasteiger partial charge is 0.444 e. The van der Waals surface area contributed by atoms with Crippen molar-refractivity contribution in [1.29, 1.82) is 0 Å². The molecule has 2 N–H and O–H groups in total. The first-order valence-corrected chi connectivity index (χ1v) is 21.9. The number of carbonyl (C=O) groups is 4. The topological polar surface area (TPSA) is 123 Å². The van der Waals surface area contributed by atoms with Crippen molar-refractivity contribution in [2.45, 2.75) is 136 Å². The summed E-state index contributed by atoms with van der Waals surface area (Å²) in [6, 6.07) is 13.3. The number of halogens is 3. The molecule has 1 heterocycles. The van der Waals surface area contributed by atoms with Crippen molar-refractivity contribution in [3.63, 3.8) is 0 Å². The predicted octanol–water partition coefficient (Wildman–Crippen LogP) is 7.99. The molecule has 0 spiro atoms. The molecular weight excluding hydrogens is 732 g/mol. The second-order valence-corrected chi connectivity index (χ2v) is 22.0. The summed E-state index contributed by atoms with van der Waals surface area (Å²) in [5, 5.41) is 5.79. The number of carbonyl (C=O) groups excluding carboxylic acids is 4. The van der Waals surface area contributed by atoms with Gasteiger partial charge in [-0.25, -0.2) is 4.79 Å². The van der Waals surface area contributed by atoms with Crippen LogP contribution < -0.4 is 15.4 Å². The summed E-state index contributed by atoms with van der Waals surface area (Å²) >= 11 is 0. The van der Waals surface area contributed by atoms with Crippen LogP contribution in [-0.2, 0) is 36.4 Å². The highest BCUT2D eigenvalue weighted by Gasteiger charge is 2.43. The number of nitrogens with zero attached hydrogens (tertiary/aromatic N) is 1. The second kappa shape index (κ2) is 18.8. The summed E-state index contributed by atoms with van der Waals surface area (Å²) < 4.78 is 55.8. The molecular formula is C41H60F3N3O7Si. The molecule has 0 bridgehead atoms. The van der Waals surface area contributed by atoms with Crippen molar-refractivity contribution in [3.05, 3.63) is 65.7 Å². The van der Waals surface area contributed by atoms with Gasteiger partial charge in [0.05, 0.1) is 12.1 Å². The Morgan fingerprint density at radius 3 is 1.91 bits per heavy atom. The minimum Gasteiger partial charge on any atom is -0.444 e. The molecule has 1 saturated heterocycles. The van der Waals surface area contributed by atoms with E-state index in [-0.39, 0.29) is 61.4 Å². The maximum atomic E-state index is 14.6. The van der Waals surface area contributed by atoms with Crippen LogP contribution in [-0.4, -0.2) is 80.1 Å². The SMILES string of the molecule is CC(C)[C@H](NC(=O)C(Cc1ccc(OC(F)(F)F)cc1)CC(O[Si](C)(C)C(C)(C)C)C(Cc1ccccc1)NC(=O)OC(C)(C)C)C(=O)N1CCC(=O)CC1. The van der Waals surface area contributed by atoms with Gasteiger partial charge in [-0.15, -0.1) is 13.2 Å². The van der Waals surface area contributed by atoms with Crippen LogP contribution in [0.15, 0.2) is 54.6 Å². The van der Waals surface area contributed by atoms with Gasteiger partial charge in [0.1, 0.15) is 23.2 Å². The van der Waals surface area contributed by atoms with Crippen LogP contribution in [0.25, 0.3) is 0 Å². The number of amides is 3. The Bertz CT molecular complexity index is 1580. The molecule has 0 aromatic heterocycles. The van der Waals surface area contributed by atoms with Gasteiger partial charge in [-0.05, 0) is 87.3 Å². The predicted molar refractivity (Wildman–Crippen MR) is 208 cm³/mol. The number of likely N-dealkylation sites (tertiary alicyclic amines) is 1. The van der Waals surface area contributed by atoms with E-state index >= 15 is 0 Å². The Balaban J connectivity index is 2.10. The van der Waals surface area contributed by atoms with E-state index in [4.69, 9.17) is 9.16 Å². The molecule has 1 fully saturated rings. The Morgan fingerprint density at radius 1 is 0.836 bits per heavy atom. The lowest BCUT2D eigenvalue weighted by Gasteiger charge is -2.42. The molecule has 1 aliphatic rings. The third-order valence-corrected chi connectivity index (χ3v) is 14.6. The maximum Gasteiger partial charge on any atom is 0.573 e. The molecule has 0 aliphatic carbocycles. The number of ketones is 1. The van der Waals surface area contributed by atoms with Crippen LogP contribution in [0.1, 0.15) is 85.8 Å². The Kier molecular flexibility index (Phi) is 15.6. The second-order valence-electron chi connectivity index (χ2n) is 17.3. The number of Topliss-reactive ketones (excluding diaryl/α,β-unsaturated/α-hetero) is 1. The van der Waals surface area contributed by atoms with E-state index in [1.807, 2.05) is 44.2 Å². The molecule has 3 amide bonds.